The first-order valence-electron chi connectivity index (χ1n) is 5.16. The van der Waals surface area contributed by atoms with Gasteiger partial charge in [-0.1, -0.05) is 0 Å². The molecule has 4 nitrogen and oxygen atoms in total. The fraction of sp³-hybridized carbons (Fsp3) is 0.900. The maximum Gasteiger partial charge on any atom is 0.408 e. The van der Waals surface area contributed by atoms with Crippen LogP contribution in [0.1, 0.15) is 33.6 Å². The van der Waals surface area contributed by atoms with E-state index in [0.717, 1.165) is 25.9 Å². The van der Waals surface area contributed by atoms with Crippen LogP contribution in [0.15, 0.2) is 0 Å². The number of piperidine rings is 1. The zero-order chi connectivity index (χ0) is 10.8. The lowest BCUT2D eigenvalue weighted by Gasteiger charge is -2.41. The minimum absolute atomic E-state index is 0.126. The summed E-state index contributed by atoms with van der Waals surface area (Å²) in [4.78, 5) is 12.7. The number of rotatable bonds is 1. The van der Waals surface area contributed by atoms with E-state index in [4.69, 9.17) is 5.11 Å². The monoisotopic (exact) mass is 200 g/mol. The Kier molecular flexibility index (Phi) is 3.37. The summed E-state index contributed by atoms with van der Waals surface area (Å²) in [7, 11) is 0. The van der Waals surface area contributed by atoms with Crippen LogP contribution in [-0.4, -0.2) is 40.8 Å². The third-order valence-electron chi connectivity index (χ3n) is 2.56. The highest BCUT2D eigenvalue weighted by atomic mass is 16.4. The molecule has 1 fully saturated rings. The first kappa shape index (κ1) is 11.3. The van der Waals surface area contributed by atoms with Crippen LogP contribution >= 0.6 is 0 Å². The maximum absolute atomic E-state index is 11.1. The van der Waals surface area contributed by atoms with Gasteiger partial charge >= 0.3 is 6.09 Å². The summed E-state index contributed by atoms with van der Waals surface area (Å²) in [6.45, 7) is 7.61. The summed E-state index contributed by atoms with van der Waals surface area (Å²) in [5, 5.41) is 12.4. The van der Waals surface area contributed by atoms with Gasteiger partial charge < -0.3 is 10.4 Å². The van der Waals surface area contributed by atoms with Crippen LogP contribution in [0.3, 0.4) is 0 Å². The topological polar surface area (TPSA) is 52.6 Å². The van der Waals surface area contributed by atoms with Crippen molar-refractivity contribution in [1.82, 2.24) is 10.2 Å². The molecule has 0 aliphatic carbocycles. The molecule has 0 bridgehead atoms. The quantitative estimate of drug-likeness (QED) is 0.674. The number of nitrogens with one attached hydrogen (secondary N) is 1. The predicted octanol–water partition coefficient (Wildman–Crippen LogP) is 1.52. The third-order valence-corrected chi connectivity index (χ3v) is 2.56. The molecule has 0 saturated carbocycles. The summed E-state index contributed by atoms with van der Waals surface area (Å²) in [6.07, 6.45) is 1.22. The summed E-state index contributed by atoms with van der Waals surface area (Å²) >= 11 is 0. The predicted molar refractivity (Wildman–Crippen MR) is 55.5 cm³/mol. The molecule has 0 aromatic heterocycles. The summed E-state index contributed by atoms with van der Waals surface area (Å²) in [5.41, 5.74) is -0.310. The molecular formula is C10H20N2O2. The van der Waals surface area contributed by atoms with Crippen LogP contribution in [0.5, 0.6) is 0 Å². The van der Waals surface area contributed by atoms with E-state index in [0.29, 0.717) is 0 Å². The minimum Gasteiger partial charge on any atom is -0.465 e. The molecule has 1 heterocycles. The van der Waals surface area contributed by atoms with Crippen LogP contribution in [0.25, 0.3) is 0 Å². The van der Waals surface area contributed by atoms with Crippen molar-refractivity contribution in [1.29, 1.82) is 0 Å². The van der Waals surface area contributed by atoms with Crippen molar-refractivity contribution in [3.8, 4) is 0 Å². The molecule has 0 unspecified atom stereocenters. The Hall–Kier alpha value is -0.770. The second-order valence-electron chi connectivity index (χ2n) is 4.82. The van der Waals surface area contributed by atoms with Gasteiger partial charge in [0.15, 0.2) is 0 Å². The van der Waals surface area contributed by atoms with E-state index >= 15 is 0 Å². The van der Waals surface area contributed by atoms with Gasteiger partial charge in [0.1, 0.15) is 0 Å². The molecule has 4 heteroatoms. The Morgan fingerprint density at radius 1 is 1.50 bits per heavy atom. The Morgan fingerprint density at radius 2 is 2.14 bits per heavy atom. The molecule has 1 rings (SSSR count). The minimum atomic E-state index is -0.814. The van der Waals surface area contributed by atoms with Gasteiger partial charge in [0, 0.05) is 18.1 Å². The molecule has 1 amide bonds. The third kappa shape index (κ3) is 2.61. The lowest BCUT2D eigenvalue weighted by atomic mass is 9.99. The number of hydrogen-bond donors (Lipinski definition) is 2. The van der Waals surface area contributed by atoms with Gasteiger partial charge in [0.2, 0.25) is 0 Å². The van der Waals surface area contributed by atoms with E-state index in [1.165, 1.54) is 0 Å². The Bertz CT molecular complexity index is 205. The molecular weight excluding hydrogens is 180 g/mol. The highest BCUT2D eigenvalue weighted by Crippen LogP contribution is 2.21. The zero-order valence-electron chi connectivity index (χ0n) is 9.21. The summed E-state index contributed by atoms with van der Waals surface area (Å²) in [6, 6.07) is 0.126. The number of carboxylic acid groups (broad SMARTS) is 1. The SMILES string of the molecule is CC(C)(C)N(C(=O)O)[C@H]1CCCNC1. The smallest absolute Gasteiger partial charge is 0.408 e. The molecule has 14 heavy (non-hydrogen) atoms. The fourth-order valence-electron chi connectivity index (χ4n) is 2.04. The normalized spacial score (nSPS) is 23.2. The van der Waals surface area contributed by atoms with Gasteiger partial charge in [0.25, 0.3) is 0 Å². The molecule has 2 N–H and O–H groups in total. The van der Waals surface area contributed by atoms with E-state index < -0.39 is 6.09 Å². The number of carbonyl (C=O) groups is 1. The molecule has 1 aliphatic heterocycles. The Labute approximate surface area is 85.3 Å². The van der Waals surface area contributed by atoms with E-state index in [2.05, 4.69) is 5.32 Å². The van der Waals surface area contributed by atoms with Crippen LogP contribution in [0.4, 0.5) is 4.79 Å². The first-order chi connectivity index (χ1) is 6.43. The molecule has 0 spiro atoms. The lowest BCUT2D eigenvalue weighted by Crippen LogP contribution is -2.56. The van der Waals surface area contributed by atoms with Crippen molar-refractivity contribution in [2.45, 2.75) is 45.2 Å². The van der Waals surface area contributed by atoms with E-state index in [9.17, 15) is 4.79 Å². The van der Waals surface area contributed by atoms with Crippen LogP contribution in [0, 0.1) is 0 Å². The van der Waals surface area contributed by atoms with Gasteiger partial charge in [-0.15, -0.1) is 0 Å². The van der Waals surface area contributed by atoms with Gasteiger partial charge in [-0.05, 0) is 40.2 Å². The van der Waals surface area contributed by atoms with Crippen LogP contribution in [0.2, 0.25) is 0 Å². The molecule has 1 atom stereocenters. The molecule has 82 valence electrons. The van der Waals surface area contributed by atoms with Crippen molar-refractivity contribution in [2.75, 3.05) is 13.1 Å². The molecule has 0 aromatic rings. The van der Waals surface area contributed by atoms with E-state index in [1.807, 2.05) is 20.8 Å². The van der Waals surface area contributed by atoms with Crippen molar-refractivity contribution < 1.29 is 9.90 Å². The fourth-order valence-corrected chi connectivity index (χ4v) is 2.04. The summed E-state index contributed by atoms with van der Waals surface area (Å²) in [5.74, 6) is 0. The number of amides is 1. The average Bonchev–Trinajstić information content (AvgIpc) is 2.02. The van der Waals surface area contributed by atoms with E-state index in [-0.39, 0.29) is 11.6 Å². The van der Waals surface area contributed by atoms with Crippen LogP contribution < -0.4 is 5.32 Å². The Morgan fingerprint density at radius 3 is 2.50 bits per heavy atom. The highest BCUT2D eigenvalue weighted by molar-refractivity contribution is 5.66. The number of nitrogens with zero attached hydrogens (tertiary/aromatic N) is 1. The standard InChI is InChI=1S/C10H20N2O2/c1-10(2,3)12(9(13)14)8-5-4-6-11-7-8/h8,11H,4-7H2,1-3H3,(H,13,14)/t8-/m0/s1. The molecule has 1 aliphatic rings. The van der Waals surface area contributed by atoms with E-state index in [1.54, 1.807) is 4.90 Å². The number of hydrogen-bond acceptors (Lipinski definition) is 2. The second kappa shape index (κ2) is 4.17. The van der Waals surface area contributed by atoms with Gasteiger partial charge in [0.05, 0.1) is 0 Å². The molecule has 0 radical (unpaired) electrons. The molecule has 0 aromatic carbocycles. The average molecular weight is 200 g/mol. The van der Waals surface area contributed by atoms with Crippen molar-refractivity contribution >= 4 is 6.09 Å². The van der Waals surface area contributed by atoms with Crippen LogP contribution in [-0.2, 0) is 0 Å². The lowest BCUT2D eigenvalue weighted by molar-refractivity contribution is 0.0614. The van der Waals surface area contributed by atoms with Gasteiger partial charge in [-0.2, -0.15) is 0 Å². The van der Waals surface area contributed by atoms with Gasteiger partial charge in [-0.3, -0.25) is 4.90 Å². The van der Waals surface area contributed by atoms with Gasteiger partial charge in [-0.25, -0.2) is 4.79 Å². The van der Waals surface area contributed by atoms with Crippen molar-refractivity contribution in [3.63, 3.8) is 0 Å². The largest absolute Gasteiger partial charge is 0.465 e. The second-order valence-corrected chi connectivity index (χ2v) is 4.82. The molecule has 1 saturated heterocycles. The Balaban J connectivity index is 2.71. The highest BCUT2D eigenvalue weighted by Gasteiger charge is 2.33. The first-order valence-corrected chi connectivity index (χ1v) is 5.16. The van der Waals surface area contributed by atoms with Crippen molar-refractivity contribution in [3.05, 3.63) is 0 Å². The van der Waals surface area contributed by atoms with Crippen molar-refractivity contribution in [2.24, 2.45) is 0 Å². The zero-order valence-corrected chi connectivity index (χ0v) is 9.21. The summed E-state index contributed by atoms with van der Waals surface area (Å²) < 4.78 is 0. The maximum atomic E-state index is 11.1.